The maximum absolute atomic E-state index is 5.50. The lowest BCUT2D eigenvalue weighted by molar-refractivity contribution is -0.0303. The highest BCUT2D eigenvalue weighted by molar-refractivity contribution is 5.05. The molecule has 1 atom stereocenters. The zero-order valence-corrected chi connectivity index (χ0v) is 7.27. The molecule has 10 heavy (non-hydrogen) atoms. The van der Waals surface area contributed by atoms with E-state index in [2.05, 4.69) is 5.92 Å². The average molecular weight is 140 g/mol. The van der Waals surface area contributed by atoms with Gasteiger partial charge in [0.15, 0.2) is 0 Å². The van der Waals surface area contributed by atoms with Crippen molar-refractivity contribution in [1.29, 1.82) is 0 Å². The van der Waals surface area contributed by atoms with Crippen molar-refractivity contribution in [1.82, 2.24) is 0 Å². The van der Waals surface area contributed by atoms with E-state index >= 15 is 0 Å². The number of hydrogen-bond donors (Lipinski definition) is 0. The van der Waals surface area contributed by atoms with E-state index < -0.39 is 0 Å². The smallest absolute Gasteiger partial charge is 0.125 e. The van der Waals surface area contributed by atoms with Crippen molar-refractivity contribution < 1.29 is 4.74 Å². The molecule has 1 heteroatoms. The van der Waals surface area contributed by atoms with Crippen molar-refractivity contribution in [2.24, 2.45) is 0 Å². The summed E-state index contributed by atoms with van der Waals surface area (Å²) in [6.07, 6.45) is 6.36. The highest BCUT2D eigenvalue weighted by Gasteiger charge is 2.19. The van der Waals surface area contributed by atoms with Gasteiger partial charge in [-0.15, -0.1) is 6.42 Å². The van der Waals surface area contributed by atoms with Gasteiger partial charge >= 0.3 is 0 Å². The fourth-order valence-corrected chi connectivity index (χ4v) is 0.740. The molecule has 58 valence electrons. The van der Waals surface area contributed by atoms with Crippen LogP contribution in [-0.2, 0) is 4.74 Å². The van der Waals surface area contributed by atoms with Crippen LogP contribution < -0.4 is 0 Å². The molecule has 0 bridgehead atoms. The van der Waals surface area contributed by atoms with Crippen molar-refractivity contribution in [2.45, 2.75) is 45.8 Å². The third-order valence-electron chi connectivity index (χ3n) is 1.48. The van der Waals surface area contributed by atoms with Crippen LogP contribution in [-0.4, -0.2) is 11.7 Å². The molecular formula is C9H16O. The lowest BCUT2D eigenvalue weighted by atomic mass is 10.1. The molecule has 0 N–H and O–H groups in total. The topological polar surface area (TPSA) is 9.23 Å². The molecule has 0 amide bonds. The summed E-state index contributed by atoms with van der Waals surface area (Å²) >= 11 is 0. The predicted molar refractivity (Wildman–Crippen MR) is 43.8 cm³/mol. The van der Waals surface area contributed by atoms with Crippen molar-refractivity contribution in [3.8, 4) is 12.3 Å². The van der Waals surface area contributed by atoms with E-state index in [-0.39, 0.29) is 11.7 Å². The SMILES string of the molecule is C#CC(C)(CC)OC(C)C. The normalized spacial score (nSPS) is 16.4. The van der Waals surface area contributed by atoms with Crippen molar-refractivity contribution in [3.05, 3.63) is 0 Å². The monoisotopic (exact) mass is 140 g/mol. The minimum Gasteiger partial charge on any atom is -0.360 e. The van der Waals surface area contributed by atoms with E-state index in [1.807, 2.05) is 27.7 Å². The summed E-state index contributed by atoms with van der Waals surface area (Å²) < 4.78 is 5.50. The molecule has 0 aliphatic heterocycles. The summed E-state index contributed by atoms with van der Waals surface area (Å²) in [6.45, 7) is 7.95. The molecule has 1 nitrogen and oxygen atoms in total. The fourth-order valence-electron chi connectivity index (χ4n) is 0.740. The maximum atomic E-state index is 5.50. The van der Waals surface area contributed by atoms with Gasteiger partial charge in [0, 0.05) is 0 Å². The van der Waals surface area contributed by atoms with Crippen LogP contribution in [0.2, 0.25) is 0 Å². The Morgan fingerprint density at radius 3 is 2.20 bits per heavy atom. The van der Waals surface area contributed by atoms with E-state index in [0.717, 1.165) is 6.42 Å². The van der Waals surface area contributed by atoms with E-state index in [1.54, 1.807) is 0 Å². The first-order valence-electron chi connectivity index (χ1n) is 3.69. The molecule has 0 rings (SSSR count). The first-order valence-corrected chi connectivity index (χ1v) is 3.69. The first kappa shape index (κ1) is 9.52. The van der Waals surface area contributed by atoms with Gasteiger partial charge in [-0.2, -0.15) is 0 Å². The largest absolute Gasteiger partial charge is 0.360 e. The molecule has 0 aliphatic rings. The van der Waals surface area contributed by atoms with Gasteiger partial charge in [0.25, 0.3) is 0 Å². The van der Waals surface area contributed by atoms with Crippen LogP contribution in [0.15, 0.2) is 0 Å². The van der Waals surface area contributed by atoms with Crippen LogP contribution in [0.4, 0.5) is 0 Å². The van der Waals surface area contributed by atoms with Gasteiger partial charge in [0.05, 0.1) is 6.10 Å². The lowest BCUT2D eigenvalue weighted by Gasteiger charge is -2.24. The fraction of sp³-hybridized carbons (Fsp3) is 0.778. The standard InChI is InChI=1S/C9H16O/c1-6-9(5,7-2)10-8(3)4/h1,8H,7H2,2-5H3. The molecule has 0 saturated heterocycles. The third kappa shape index (κ3) is 2.89. The van der Waals surface area contributed by atoms with Gasteiger partial charge in [-0.25, -0.2) is 0 Å². The zero-order valence-electron chi connectivity index (χ0n) is 7.27. The highest BCUT2D eigenvalue weighted by Crippen LogP contribution is 2.15. The summed E-state index contributed by atoms with van der Waals surface area (Å²) in [5, 5.41) is 0. The molecule has 0 radical (unpaired) electrons. The molecule has 0 saturated carbocycles. The zero-order chi connectivity index (χ0) is 8.20. The van der Waals surface area contributed by atoms with Crippen molar-refractivity contribution in [3.63, 3.8) is 0 Å². The van der Waals surface area contributed by atoms with Crippen LogP contribution in [0.5, 0.6) is 0 Å². The second-order valence-electron chi connectivity index (χ2n) is 2.90. The number of hydrogen-bond acceptors (Lipinski definition) is 1. The Bertz CT molecular complexity index is 132. The number of terminal acetylenes is 1. The molecule has 0 aromatic rings. The minimum absolute atomic E-state index is 0.209. The second kappa shape index (κ2) is 3.63. The van der Waals surface area contributed by atoms with Crippen LogP contribution in [0.3, 0.4) is 0 Å². The Kier molecular flexibility index (Phi) is 3.46. The number of rotatable bonds is 3. The van der Waals surface area contributed by atoms with Gasteiger partial charge in [-0.1, -0.05) is 12.8 Å². The van der Waals surface area contributed by atoms with Crippen LogP contribution >= 0.6 is 0 Å². The summed E-state index contributed by atoms with van der Waals surface area (Å²) in [5.74, 6) is 2.64. The predicted octanol–water partition coefficient (Wildman–Crippen LogP) is 2.21. The second-order valence-corrected chi connectivity index (χ2v) is 2.90. The molecule has 0 heterocycles. The Labute approximate surface area is 63.8 Å². The van der Waals surface area contributed by atoms with Gasteiger partial charge in [-0.3, -0.25) is 0 Å². The molecule has 0 fully saturated rings. The maximum Gasteiger partial charge on any atom is 0.125 e. The average Bonchev–Trinajstić information content (AvgIpc) is 1.87. The third-order valence-corrected chi connectivity index (χ3v) is 1.48. The highest BCUT2D eigenvalue weighted by atomic mass is 16.5. The van der Waals surface area contributed by atoms with Crippen LogP contribution in [0.25, 0.3) is 0 Å². The molecule has 0 aliphatic carbocycles. The van der Waals surface area contributed by atoms with E-state index in [1.165, 1.54) is 0 Å². The van der Waals surface area contributed by atoms with E-state index in [4.69, 9.17) is 11.2 Å². The van der Waals surface area contributed by atoms with Crippen molar-refractivity contribution >= 4 is 0 Å². The van der Waals surface area contributed by atoms with Crippen LogP contribution in [0, 0.1) is 12.3 Å². The minimum atomic E-state index is -0.367. The molecule has 0 aromatic heterocycles. The summed E-state index contributed by atoms with van der Waals surface area (Å²) in [4.78, 5) is 0. The van der Waals surface area contributed by atoms with Crippen LogP contribution in [0.1, 0.15) is 34.1 Å². The van der Waals surface area contributed by atoms with Gasteiger partial charge < -0.3 is 4.74 Å². The Balaban J connectivity index is 3.97. The van der Waals surface area contributed by atoms with Gasteiger partial charge in [-0.05, 0) is 27.2 Å². The molecular weight excluding hydrogens is 124 g/mol. The molecule has 0 spiro atoms. The first-order chi connectivity index (χ1) is 4.54. The van der Waals surface area contributed by atoms with E-state index in [0.29, 0.717) is 0 Å². The van der Waals surface area contributed by atoms with E-state index in [9.17, 15) is 0 Å². The summed E-state index contributed by atoms with van der Waals surface area (Å²) in [6, 6.07) is 0. The Hall–Kier alpha value is -0.480. The Morgan fingerprint density at radius 2 is 2.10 bits per heavy atom. The lowest BCUT2D eigenvalue weighted by Crippen LogP contribution is -2.28. The summed E-state index contributed by atoms with van der Waals surface area (Å²) in [7, 11) is 0. The Morgan fingerprint density at radius 1 is 1.60 bits per heavy atom. The van der Waals surface area contributed by atoms with Gasteiger partial charge in [0.2, 0.25) is 0 Å². The molecule has 1 unspecified atom stereocenters. The molecule has 0 aromatic carbocycles. The quantitative estimate of drug-likeness (QED) is 0.546. The summed E-state index contributed by atoms with van der Waals surface area (Å²) in [5.41, 5.74) is -0.367. The van der Waals surface area contributed by atoms with Crippen molar-refractivity contribution in [2.75, 3.05) is 0 Å². The number of ether oxygens (including phenoxy) is 1. The van der Waals surface area contributed by atoms with Gasteiger partial charge in [0.1, 0.15) is 5.60 Å².